The minimum absolute atomic E-state index is 0.00456. The van der Waals surface area contributed by atoms with E-state index in [2.05, 4.69) is 0 Å². The molecular formula is C21H21FN2O6S. The zero-order valence-corrected chi connectivity index (χ0v) is 17.7. The van der Waals surface area contributed by atoms with Gasteiger partial charge in [0.05, 0.1) is 24.1 Å². The highest BCUT2D eigenvalue weighted by Crippen LogP contribution is 2.24. The van der Waals surface area contributed by atoms with Crippen LogP contribution in [-0.4, -0.2) is 43.3 Å². The molecule has 0 spiro atoms. The van der Waals surface area contributed by atoms with E-state index in [4.69, 9.17) is 9.15 Å². The standard InChI is InChI=1S/C21H21FN2O6S/c1-29-19-8-5-14(11-16(19)22)18(25)13-24-17-7-6-15(12-20(17)30-21(24)26)31(27,28)23-9-3-2-4-10-23/h5-8,11-12H,2-4,9-10,13H2,1H3. The number of carbonyl (C=O) groups excluding carboxylic acids is 1. The molecule has 4 rings (SSSR count). The van der Waals surface area contributed by atoms with Crippen LogP contribution in [0.2, 0.25) is 0 Å². The van der Waals surface area contributed by atoms with Crippen LogP contribution in [0.25, 0.3) is 11.1 Å². The summed E-state index contributed by atoms with van der Waals surface area (Å²) in [5.41, 5.74) is 0.422. The fourth-order valence-electron chi connectivity index (χ4n) is 3.69. The van der Waals surface area contributed by atoms with Crippen molar-refractivity contribution < 1.29 is 26.8 Å². The predicted molar refractivity (Wildman–Crippen MR) is 110 cm³/mol. The maximum Gasteiger partial charge on any atom is 0.420 e. The van der Waals surface area contributed by atoms with Crippen LogP contribution in [-0.2, 0) is 16.6 Å². The summed E-state index contributed by atoms with van der Waals surface area (Å²) in [4.78, 5) is 24.9. The fraction of sp³-hybridized carbons (Fsp3) is 0.333. The molecule has 0 atom stereocenters. The third-order valence-electron chi connectivity index (χ3n) is 5.37. The van der Waals surface area contributed by atoms with Crippen molar-refractivity contribution in [3.8, 4) is 5.75 Å². The third kappa shape index (κ3) is 4.00. The van der Waals surface area contributed by atoms with Crippen LogP contribution in [0, 0.1) is 5.82 Å². The molecule has 1 saturated heterocycles. The first kappa shape index (κ1) is 21.3. The van der Waals surface area contributed by atoms with Gasteiger partial charge in [0.2, 0.25) is 10.0 Å². The summed E-state index contributed by atoms with van der Waals surface area (Å²) in [5, 5.41) is 0. The number of oxazole rings is 1. The van der Waals surface area contributed by atoms with E-state index in [1.807, 2.05) is 0 Å². The van der Waals surface area contributed by atoms with Crippen LogP contribution in [0.4, 0.5) is 4.39 Å². The number of ether oxygens (including phenoxy) is 1. The van der Waals surface area contributed by atoms with Gasteiger partial charge in [0.15, 0.2) is 22.9 Å². The van der Waals surface area contributed by atoms with E-state index >= 15 is 0 Å². The molecule has 0 bridgehead atoms. The average molecular weight is 448 g/mol. The Morgan fingerprint density at radius 3 is 2.55 bits per heavy atom. The minimum atomic E-state index is -3.69. The zero-order chi connectivity index (χ0) is 22.2. The van der Waals surface area contributed by atoms with Gasteiger partial charge in [-0.1, -0.05) is 6.42 Å². The quantitative estimate of drug-likeness (QED) is 0.538. The number of aromatic nitrogens is 1. The van der Waals surface area contributed by atoms with Gasteiger partial charge in [-0.3, -0.25) is 9.36 Å². The highest BCUT2D eigenvalue weighted by molar-refractivity contribution is 7.89. The lowest BCUT2D eigenvalue weighted by Crippen LogP contribution is -2.35. The van der Waals surface area contributed by atoms with E-state index < -0.39 is 27.4 Å². The topological polar surface area (TPSA) is 98.8 Å². The molecule has 164 valence electrons. The monoisotopic (exact) mass is 448 g/mol. The summed E-state index contributed by atoms with van der Waals surface area (Å²) >= 11 is 0. The van der Waals surface area contributed by atoms with E-state index in [0.717, 1.165) is 29.9 Å². The van der Waals surface area contributed by atoms with Crippen molar-refractivity contribution in [2.75, 3.05) is 20.2 Å². The van der Waals surface area contributed by atoms with E-state index in [1.54, 1.807) is 0 Å². The molecule has 10 heteroatoms. The summed E-state index contributed by atoms with van der Waals surface area (Å²) in [7, 11) is -2.38. The Morgan fingerprint density at radius 1 is 1.13 bits per heavy atom. The number of benzene rings is 2. The molecule has 2 heterocycles. The number of rotatable bonds is 6. The molecule has 3 aromatic rings. The second-order valence-corrected chi connectivity index (χ2v) is 9.26. The van der Waals surface area contributed by atoms with Crippen LogP contribution >= 0.6 is 0 Å². The van der Waals surface area contributed by atoms with Crippen molar-refractivity contribution in [1.82, 2.24) is 8.87 Å². The number of nitrogens with zero attached hydrogens (tertiary/aromatic N) is 2. The SMILES string of the molecule is COc1ccc(C(=O)Cn2c(=O)oc3cc(S(=O)(=O)N4CCCCC4)ccc32)cc1F. The van der Waals surface area contributed by atoms with Crippen molar-refractivity contribution in [2.24, 2.45) is 0 Å². The number of Topliss-reactive ketones (excluding diaryl/α,β-unsaturated/α-hetero) is 1. The molecule has 0 unspecified atom stereocenters. The van der Waals surface area contributed by atoms with E-state index in [9.17, 15) is 22.4 Å². The van der Waals surface area contributed by atoms with Gasteiger partial charge >= 0.3 is 5.76 Å². The van der Waals surface area contributed by atoms with Crippen molar-refractivity contribution in [2.45, 2.75) is 30.7 Å². The van der Waals surface area contributed by atoms with Crippen LogP contribution in [0.5, 0.6) is 5.75 Å². The van der Waals surface area contributed by atoms with Crippen LogP contribution < -0.4 is 10.5 Å². The molecule has 0 saturated carbocycles. The Bertz CT molecular complexity index is 1310. The van der Waals surface area contributed by atoms with Gasteiger partial charge in [-0.15, -0.1) is 0 Å². The van der Waals surface area contributed by atoms with Gasteiger partial charge in [0, 0.05) is 24.7 Å². The number of hydrogen-bond acceptors (Lipinski definition) is 6. The molecule has 2 aromatic carbocycles. The number of ketones is 1. The Labute approximate surface area is 177 Å². The molecule has 0 radical (unpaired) electrons. The van der Waals surface area contributed by atoms with Gasteiger partial charge in [-0.05, 0) is 43.2 Å². The Morgan fingerprint density at radius 2 is 1.87 bits per heavy atom. The molecular weight excluding hydrogens is 427 g/mol. The summed E-state index contributed by atoms with van der Waals surface area (Å²) in [6.07, 6.45) is 2.61. The van der Waals surface area contributed by atoms with Crippen molar-refractivity contribution >= 4 is 26.9 Å². The number of sulfonamides is 1. The Kier molecular flexibility index (Phi) is 5.67. The minimum Gasteiger partial charge on any atom is -0.494 e. The smallest absolute Gasteiger partial charge is 0.420 e. The number of halogens is 1. The molecule has 1 aromatic heterocycles. The predicted octanol–water partition coefficient (Wildman–Crippen LogP) is 2.80. The lowest BCUT2D eigenvalue weighted by Gasteiger charge is -2.25. The Hall–Kier alpha value is -2.98. The van der Waals surface area contributed by atoms with Gasteiger partial charge in [0.1, 0.15) is 0 Å². The molecule has 1 aliphatic rings. The summed E-state index contributed by atoms with van der Waals surface area (Å²) < 4.78 is 52.2. The zero-order valence-electron chi connectivity index (χ0n) is 16.8. The van der Waals surface area contributed by atoms with Gasteiger partial charge < -0.3 is 9.15 Å². The van der Waals surface area contributed by atoms with Gasteiger partial charge in [-0.25, -0.2) is 17.6 Å². The van der Waals surface area contributed by atoms with E-state index in [0.29, 0.717) is 13.1 Å². The summed E-state index contributed by atoms with van der Waals surface area (Å²) in [6.45, 7) is 0.534. The Balaban J connectivity index is 1.64. The average Bonchev–Trinajstić information content (AvgIpc) is 3.08. The molecule has 31 heavy (non-hydrogen) atoms. The molecule has 0 aliphatic carbocycles. The normalized spacial score (nSPS) is 15.3. The highest BCUT2D eigenvalue weighted by atomic mass is 32.2. The second kappa shape index (κ2) is 8.27. The number of carbonyl (C=O) groups is 1. The van der Waals surface area contributed by atoms with Gasteiger partial charge in [-0.2, -0.15) is 4.31 Å². The maximum atomic E-state index is 13.9. The fourth-order valence-corrected chi connectivity index (χ4v) is 5.22. The second-order valence-electron chi connectivity index (χ2n) is 7.32. The molecule has 0 N–H and O–H groups in total. The van der Waals surface area contributed by atoms with Crippen LogP contribution in [0.3, 0.4) is 0 Å². The number of hydrogen-bond donors (Lipinski definition) is 0. The van der Waals surface area contributed by atoms with Crippen molar-refractivity contribution in [3.05, 3.63) is 58.3 Å². The lowest BCUT2D eigenvalue weighted by molar-refractivity contribution is 0.0970. The maximum absolute atomic E-state index is 13.9. The van der Waals surface area contributed by atoms with E-state index in [-0.39, 0.29) is 33.9 Å². The molecule has 1 fully saturated rings. The first-order chi connectivity index (χ1) is 14.8. The number of piperidine rings is 1. The van der Waals surface area contributed by atoms with Crippen molar-refractivity contribution in [3.63, 3.8) is 0 Å². The summed E-state index contributed by atoms with van der Waals surface area (Å²) in [6, 6.07) is 7.91. The highest BCUT2D eigenvalue weighted by Gasteiger charge is 2.27. The number of fused-ring (bicyclic) bond motifs is 1. The lowest BCUT2D eigenvalue weighted by atomic mass is 10.1. The summed E-state index contributed by atoms with van der Waals surface area (Å²) in [5.74, 6) is -1.99. The molecule has 1 aliphatic heterocycles. The first-order valence-electron chi connectivity index (χ1n) is 9.81. The molecule has 8 nitrogen and oxygen atoms in total. The first-order valence-corrected chi connectivity index (χ1v) is 11.3. The van der Waals surface area contributed by atoms with Gasteiger partial charge in [0.25, 0.3) is 0 Å². The molecule has 0 amide bonds. The van der Waals surface area contributed by atoms with E-state index in [1.165, 1.54) is 41.7 Å². The number of methoxy groups -OCH3 is 1. The third-order valence-corrected chi connectivity index (χ3v) is 7.26. The van der Waals surface area contributed by atoms with Crippen LogP contribution in [0.1, 0.15) is 29.6 Å². The van der Waals surface area contributed by atoms with Crippen molar-refractivity contribution in [1.29, 1.82) is 0 Å². The van der Waals surface area contributed by atoms with Crippen LogP contribution in [0.15, 0.2) is 50.5 Å². The largest absolute Gasteiger partial charge is 0.494 e.